The average Bonchev–Trinajstić information content (AvgIpc) is 0. The minimum atomic E-state index is 0. The molecular weight excluding hydrogens is 95.8 g/mol. The van der Waals surface area contributed by atoms with Crippen molar-refractivity contribution < 1.29 is 51.4 Å². The first kappa shape index (κ1) is 49.0. The van der Waals surface area contributed by atoms with Crippen LogP contribution in [0.2, 0.25) is 0 Å². The Morgan fingerprint density at radius 3 is 0.600 bits per heavy atom. The monoisotopic (exact) mass is 108 g/mol. The van der Waals surface area contributed by atoms with E-state index in [1.807, 2.05) is 0 Å². The van der Waals surface area contributed by atoms with E-state index in [0.29, 0.717) is 0 Å². The van der Waals surface area contributed by atoms with Gasteiger partial charge in [-0.3, -0.25) is 0 Å². The fourth-order valence-corrected chi connectivity index (χ4v) is 0. The molecule has 0 aromatic carbocycles. The molecule has 0 aliphatic heterocycles. The Morgan fingerprint density at radius 2 is 0.600 bits per heavy atom. The van der Waals surface area contributed by atoms with Crippen LogP contribution in [0, 0.1) is 0 Å². The van der Waals surface area contributed by atoms with Gasteiger partial charge in [-0.25, -0.2) is 0 Å². The largest absolute Gasteiger partial charge is 2.00 e. The predicted octanol–water partition coefficient (Wildman–Crippen LogP) is -7.73. The van der Waals surface area contributed by atoms with E-state index >= 15 is 0 Å². The van der Waals surface area contributed by atoms with Crippen molar-refractivity contribution in [3.63, 3.8) is 0 Å². The van der Waals surface area contributed by atoms with Gasteiger partial charge in [0.15, 0.2) is 0 Å². The number of hydrogen-bond acceptors (Lipinski definition) is 0. The van der Waals surface area contributed by atoms with Gasteiger partial charge < -0.3 is 0 Å². The van der Waals surface area contributed by atoms with Crippen LogP contribution in [-0.4, -0.2) is 48.3 Å². The van der Waals surface area contributed by atoms with E-state index in [0.717, 1.165) is 0 Å². The van der Waals surface area contributed by atoms with Crippen LogP contribution in [-0.2, 0) is 0 Å². The number of rotatable bonds is 0. The molecule has 0 radical (unpaired) electrons. The van der Waals surface area contributed by atoms with Crippen LogP contribution in [0.1, 0.15) is 0 Å². The van der Waals surface area contributed by atoms with Gasteiger partial charge in [0.25, 0.3) is 0 Å². The first-order valence-corrected chi connectivity index (χ1v) is 0. The summed E-state index contributed by atoms with van der Waals surface area (Å²) in [7, 11) is 0. The molecule has 0 N–H and O–H groups in total. The van der Waals surface area contributed by atoms with Gasteiger partial charge in [0.05, 0.1) is 0 Å². The number of hydrogen-bond donors (Lipinski definition) is 0. The molecule has 0 saturated heterocycles. The van der Waals surface area contributed by atoms with Gasteiger partial charge in [-0.2, -0.15) is 0 Å². The van der Waals surface area contributed by atoms with Gasteiger partial charge >= 0.3 is 74.4 Å². The third-order valence-electron chi connectivity index (χ3n) is 0. The molecule has 0 rings (SSSR count). The van der Waals surface area contributed by atoms with Crippen molar-refractivity contribution in [3.8, 4) is 0 Å². The second-order valence-electron chi connectivity index (χ2n) is 0. The molecule has 0 nitrogen and oxygen atoms in total. The van der Waals surface area contributed by atoms with Crippen molar-refractivity contribution in [1.82, 2.24) is 0 Å². The van der Waals surface area contributed by atoms with Crippen molar-refractivity contribution >= 4 is 48.3 Å². The summed E-state index contributed by atoms with van der Waals surface area (Å²) in [6.07, 6.45) is 0. The Morgan fingerprint density at radius 1 is 0.600 bits per heavy atom. The van der Waals surface area contributed by atoms with Crippen molar-refractivity contribution in [3.05, 3.63) is 0 Å². The van der Waals surface area contributed by atoms with E-state index < -0.39 is 0 Å². The topological polar surface area (TPSA) is 0 Å². The van der Waals surface area contributed by atoms with Gasteiger partial charge in [-0.05, 0) is 0 Å². The van der Waals surface area contributed by atoms with Crippen LogP contribution in [0.15, 0.2) is 0 Å². The quantitative estimate of drug-likeness (QED) is 0.270. The van der Waals surface area contributed by atoms with E-state index in [2.05, 4.69) is 0 Å². The zero-order valence-electron chi connectivity index (χ0n) is 1.71. The third kappa shape index (κ3) is 20.7. The molecule has 24 valence electrons. The zero-order chi connectivity index (χ0) is 0. The Bertz CT molecular complexity index is 6.85. The molecule has 0 aliphatic carbocycles. The Labute approximate surface area is 97.5 Å². The van der Waals surface area contributed by atoms with Crippen molar-refractivity contribution in [2.24, 2.45) is 0 Å². The summed E-state index contributed by atoms with van der Waals surface area (Å²) in [6, 6.07) is 0. The van der Waals surface area contributed by atoms with E-state index in [1.165, 1.54) is 0 Å². The smallest absolute Gasteiger partial charge is 0.0626 e. The van der Waals surface area contributed by atoms with Gasteiger partial charge in [-0.1, -0.05) is 25.2 Å². The normalized spacial score (nSPS) is 0. The molecule has 0 unspecified atom stereocenters. The van der Waals surface area contributed by atoms with E-state index in [-0.39, 0.29) is 99.7 Å². The van der Waals surface area contributed by atoms with Gasteiger partial charge in [0, 0.05) is 0 Å². The summed E-state index contributed by atoms with van der Waals surface area (Å²) in [5.74, 6) is 0. The van der Waals surface area contributed by atoms with Gasteiger partial charge in [-0.15, -0.1) is 0 Å². The van der Waals surface area contributed by atoms with Crippen LogP contribution in [0.3, 0.4) is 0 Å². The Kier molecular flexibility index (Phi) is 300. The minimum absolute atomic E-state index is 0. The molecule has 0 aliphatic rings. The molecule has 0 spiro atoms. The molecular formula is H12B3KMg. The molecule has 0 atom stereocenters. The Hall–Kier alpha value is 2.60. The maximum Gasteiger partial charge on any atom is 2.00 e. The first-order chi connectivity index (χ1) is 0. The van der Waals surface area contributed by atoms with Crippen LogP contribution < -0.4 is 51.4 Å². The van der Waals surface area contributed by atoms with Gasteiger partial charge in [0.1, 0.15) is 0 Å². The zero-order valence-corrected chi connectivity index (χ0v) is 6.24. The van der Waals surface area contributed by atoms with Crippen molar-refractivity contribution in [2.45, 2.75) is 0 Å². The van der Waals surface area contributed by atoms with Crippen LogP contribution >= 0.6 is 0 Å². The summed E-state index contributed by atoms with van der Waals surface area (Å²) >= 11 is 0. The molecule has 0 fully saturated rings. The second-order valence-corrected chi connectivity index (χ2v) is 0. The summed E-state index contributed by atoms with van der Waals surface area (Å²) in [6.45, 7) is 0. The van der Waals surface area contributed by atoms with Crippen LogP contribution in [0.25, 0.3) is 0 Å². The standard InChI is InChI=1S/3BH4.K.Mg/h3*1H4;;/q3*-1;+1;+2. The molecule has 5 heavy (non-hydrogen) atoms. The van der Waals surface area contributed by atoms with Gasteiger partial charge in [0.2, 0.25) is 0 Å². The predicted molar refractivity (Wildman–Crippen MR) is 39.8 cm³/mol. The first-order valence-electron chi connectivity index (χ1n) is 0. The van der Waals surface area contributed by atoms with E-state index in [9.17, 15) is 0 Å². The minimum Gasteiger partial charge on any atom is -0.0626 e. The van der Waals surface area contributed by atoms with Crippen molar-refractivity contribution in [2.75, 3.05) is 0 Å². The second kappa shape index (κ2) is 30.6. The fourth-order valence-electron chi connectivity index (χ4n) is 0. The summed E-state index contributed by atoms with van der Waals surface area (Å²) in [5.41, 5.74) is 0. The van der Waals surface area contributed by atoms with E-state index in [4.69, 9.17) is 0 Å². The van der Waals surface area contributed by atoms with Crippen molar-refractivity contribution in [1.29, 1.82) is 0 Å². The molecule has 0 amide bonds. The summed E-state index contributed by atoms with van der Waals surface area (Å²) < 4.78 is 0. The Balaban J connectivity index is 0. The van der Waals surface area contributed by atoms with Crippen LogP contribution in [0.5, 0.6) is 0 Å². The summed E-state index contributed by atoms with van der Waals surface area (Å²) in [5, 5.41) is 0. The maximum absolute atomic E-state index is 0. The third-order valence-corrected chi connectivity index (χ3v) is 0. The fraction of sp³-hybridized carbons (Fsp3) is 0. The maximum atomic E-state index is 0. The SMILES string of the molecule is [BH4-].[BH4-].[BH4-].[K+].[Mg+2]. The molecule has 0 saturated carbocycles. The summed E-state index contributed by atoms with van der Waals surface area (Å²) in [4.78, 5) is 0. The molecule has 0 heterocycles. The van der Waals surface area contributed by atoms with E-state index in [1.54, 1.807) is 0 Å². The van der Waals surface area contributed by atoms with Crippen LogP contribution in [0.4, 0.5) is 0 Å². The molecule has 5 heteroatoms. The average molecular weight is 108 g/mol. The molecule has 0 aromatic heterocycles. The molecule has 0 bridgehead atoms. The molecule has 0 aromatic rings.